The first-order valence-electron chi connectivity index (χ1n) is 6.66. The Hall–Kier alpha value is -1.26. The summed E-state index contributed by atoms with van der Waals surface area (Å²) < 4.78 is 10.3. The van der Waals surface area contributed by atoms with Crippen molar-refractivity contribution >= 4 is 12.1 Å². The molecular formula is C14H23NO4. The van der Waals surface area contributed by atoms with Gasteiger partial charge < -0.3 is 14.4 Å². The third kappa shape index (κ3) is 2.55. The summed E-state index contributed by atoms with van der Waals surface area (Å²) in [6.45, 7) is 8.68. The van der Waals surface area contributed by atoms with Gasteiger partial charge >= 0.3 is 12.1 Å². The molecule has 0 spiro atoms. The molecule has 19 heavy (non-hydrogen) atoms. The molecule has 0 radical (unpaired) electrons. The van der Waals surface area contributed by atoms with E-state index in [9.17, 15) is 9.59 Å². The second-order valence-corrected chi connectivity index (χ2v) is 7.27. The Bertz CT molecular complexity index is 404. The second kappa shape index (κ2) is 4.12. The lowest BCUT2D eigenvalue weighted by Gasteiger charge is -2.60. The first-order chi connectivity index (χ1) is 8.59. The number of piperidine rings is 2. The maximum absolute atomic E-state index is 12.1. The normalized spacial score (nSPS) is 33.4. The quantitative estimate of drug-likeness (QED) is 0.685. The molecule has 0 N–H and O–H groups in total. The van der Waals surface area contributed by atoms with Gasteiger partial charge in [0, 0.05) is 13.1 Å². The number of hydrogen-bond acceptors (Lipinski definition) is 4. The molecule has 0 aromatic heterocycles. The van der Waals surface area contributed by atoms with E-state index in [1.54, 1.807) is 4.90 Å². The van der Waals surface area contributed by atoms with Crippen molar-refractivity contribution in [2.24, 2.45) is 10.8 Å². The number of nitrogens with zero attached hydrogens (tertiary/aromatic N) is 1. The smallest absolute Gasteiger partial charge is 0.410 e. The topological polar surface area (TPSA) is 55.8 Å². The summed E-state index contributed by atoms with van der Waals surface area (Å²) in [6, 6.07) is 0. The third-order valence-corrected chi connectivity index (χ3v) is 3.87. The monoisotopic (exact) mass is 269 g/mol. The van der Waals surface area contributed by atoms with Crippen LogP contribution >= 0.6 is 0 Å². The van der Waals surface area contributed by atoms with E-state index in [1.807, 2.05) is 20.8 Å². The molecule has 3 fully saturated rings. The van der Waals surface area contributed by atoms with Crippen LogP contribution < -0.4 is 0 Å². The van der Waals surface area contributed by atoms with Crippen molar-refractivity contribution in [3.05, 3.63) is 0 Å². The average molecular weight is 269 g/mol. The average Bonchev–Trinajstić information content (AvgIpc) is 2.23. The SMILES string of the molecule is COC(=O)C12CN(C(=O)OC(C)(C)C)CC(C)(C1)C2. The zero-order chi connectivity index (χ0) is 14.5. The highest BCUT2D eigenvalue weighted by Crippen LogP contribution is 2.59. The van der Waals surface area contributed by atoms with Gasteiger partial charge in [0.1, 0.15) is 5.60 Å². The van der Waals surface area contributed by atoms with E-state index < -0.39 is 11.0 Å². The Morgan fingerprint density at radius 3 is 2.21 bits per heavy atom. The summed E-state index contributed by atoms with van der Waals surface area (Å²) in [7, 11) is 1.40. The van der Waals surface area contributed by atoms with Crippen LogP contribution in [0.1, 0.15) is 40.5 Å². The minimum atomic E-state index is -0.516. The van der Waals surface area contributed by atoms with Crippen LogP contribution in [0.2, 0.25) is 0 Å². The van der Waals surface area contributed by atoms with Crippen molar-refractivity contribution in [3.63, 3.8) is 0 Å². The first-order valence-corrected chi connectivity index (χ1v) is 6.66. The second-order valence-electron chi connectivity index (χ2n) is 7.27. The number of rotatable bonds is 1. The van der Waals surface area contributed by atoms with Crippen LogP contribution in [-0.4, -0.2) is 42.8 Å². The Kier molecular flexibility index (Phi) is 3.07. The summed E-state index contributed by atoms with van der Waals surface area (Å²) in [5.41, 5.74) is -1.01. The predicted octanol–water partition coefficient (Wildman–Crippen LogP) is 2.20. The van der Waals surface area contributed by atoms with Crippen molar-refractivity contribution in [2.45, 2.75) is 46.1 Å². The Morgan fingerprint density at radius 1 is 1.16 bits per heavy atom. The zero-order valence-corrected chi connectivity index (χ0v) is 12.4. The number of ether oxygens (including phenoxy) is 2. The zero-order valence-electron chi connectivity index (χ0n) is 12.4. The molecule has 5 nitrogen and oxygen atoms in total. The highest BCUT2D eigenvalue weighted by Gasteiger charge is 2.62. The summed E-state index contributed by atoms with van der Waals surface area (Å²) in [4.78, 5) is 25.7. The summed E-state index contributed by atoms with van der Waals surface area (Å²) >= 11 is 0. The highest BCUT2D eigenvalue weighted by molar-refractivity contribution is 5.80. The predicted molar refractivity (Wildman–Crippen MR) is 69.6 cm³/mol. The van der Waals surface area contributed by atoms with Crippen molar-refractivity contribution in [2.75, 3.05) is 20.2 Å². The van der Waals surface area contributed by atoms with Crippen molar-refractivity contribution in [1.82, 2.24) is 4.90 Å². The summed E-state index contributed by atoms with van der Waals surface area (Å²) in [5.74, 6) is -0.210. The number of carbonyl (C=O) groups excluding carboxylic acids is 2. The summed E-state index contributed by atoms with van der Waals surface area (Å²) in [5, 5.41) is 0. The molecular weight excluding hydrogens is 246 g/mol. The van der Waals surface area contributed by atoms with Crippen molar-refractivity contribution in [3.8, 4) is 0 Å². The van der Waals surface area contributed by atoms with E-state index >= 15 is 0 Å². The molecule has 3 rings (SSSR count). The molecule has 2 heterocycles. The third-order valence-electron chi connectivity index (χ3n) is 3.87. The Labute approximate surface area is 114 Å². The molecule has 2 saturated heterocycles. The molecule has 2 bridgehead atoms. The minimum absolute atomic E-state index is 0.0172. The molecule has 0 atom stereocenters. The van der Waals surface area contributed by atoms with Crippen LogP contribution in [0.15, 0.2) is 0 Å². The van der Waals surface area contributed by atoms with Crippen LogP contribution in [0.5, 0.6) is 0 Å². The maximum atomic E-state index is 12.1. The van der Waals surface area contributed by atoms with E-state index in [0.29, 0.717) is 13.1 Å². The molecule has 2 aliphatic heterocycles. The van der Waals surface area contributed by atoms with Crippen LogP contribution in [0.25, 0.3) is 0 Å². The molecule has 1 aliphatic carbocycles. The van der Waals surface area contributed by atoms with Gasteiger partial charge in [0.2, 0.25) is 0 Å². The van der Waals surface area contributed by atoms with E-state index in [-0.39, 0.29) is 17.5 Å². The maximum Gasteiger partial charge on any atom is 0.410 e. The van der Waals surface area contributed by atoms with Gasteiger partial charge in [-0.1, -0.05) is 6.92 Å². The van der Waals surface area contributed by atoms with Gasteiger partial charge in [-0.05, 0) is 39.0 Å². The van der Waals surface area contributed by atoms with E-state index in [2.05, 4.69) is 6.92 Å². The molecule has 0 aromatic rings. The van der Waals surface area contributed by atoms with Gasteiger partial charge in [0.05, 0.1) is 12.5 Å². The molecule has 1 saturated carbocycles. The largest absolute Gasteiger partial charge is 0.469 e. The molecule has 108 valence electrons. The van der Waals surface area contributed by atoms with Gasteiger partial charge in [0.25, 0.3) is 0 Å². The Morgan fingerprint density at radius 2 is 1.74 bits per heavy atom. The number of amides is 1. The van der Waals surface area contributed by atoms with Gasteiger partial charge in [0.15, 0.2) is 0 Å². The summed E-state index contributed by atoms with van der Waals surface area (Å²) in [6.07, 6.45) is 1.25. The standard InChI is InChI=1S/C14H23NO4/c1-12(2,3)19-11(17)15-8-13(4)6-14(7-13,9-15)10(16)18-5/h6-9H2,1-5H3. The number of methoxy groups -OCH3 is 1. The fraction of sp³-hybridized carbons (Fsp3) is 0.857. The first kappa shape index (κ1) is 14.2. The molecule has 3 aliphatic rings. The van der Waals surface area contributed by atoms with Gasteiger partial charge in [-0.2, -0.15) is 0 Å². The number of carbonyl (C=O) groups is 2. The van der Waals surface area contributed by atoms with Crippen LogP contribution in [0.3, 0.4) is 0 Å². The minimum Gasteiger partial charge on any atom is -0.469 e. The van der Waals surface area contributed by atoms with Gasteiger partial charge in [-0.3, -0.25) is 4.79 Å². The molecule has 0 unspecified atom stereocenters. The van der Waals surface area contributed by atoms with E-state index in [4.69, 9.17) is 9.47 Å². The van der Waals surface area contributed by atoms with E-state index in [1.165, 1.54) is 7.11 Å². The van der Waals surface area contributed by atoms with E-state index in [0.717, 1.165) is 12.8 Å². The molecule has 5 heteroatoms. The number of hydrogen-bond donors (Lipinski definition) is 0. The lowest BCUT2D eigenvalue weighted by Crippen LogP contribution is -2.66. The van der Waals surface area contributed by atoms with Gasteiger partial charge in [-0.25, -0.2) is 4.79 Å². The number of esters is 1. The van der Waals surface area contributed by atoms with Crippen molar-refractivity contribution < 1.29 is 19.1 Å². The lowest BCUT2D eigenvalue weighted by atomic mass is 9.50. The molecule has 1 amide bonds. The van der Waals surface area contributed by atoms with Crippen LogP contribution in [0.4, 0.5) is 4.79 Å². The fourth-order valence-corrected chi connectivity index (χ4v) is 3.57. The van der Waals surface area contributed by atoms with Gasteiger partial charge in [-0.15, -0.1) is 0 Å². The fourth-order valence-electron chi connectivity index (χ4n) is 3.57. The molecule has 0 aromatic carbocycles. The highest BCUT2D eigenvalue weighted by atomic mass is 16.6. The van der Waals surface area contributed by atoms with Crippen molar-refractivity contribution in [1.29, 1.82) is 0 Å². The van der Waals surface area contributed by atoms with Crippen LogP contribution in [0, 0.1) is 10.8 Å². The Balaban J connectivity index is 2.09. The van der Waals surface area contributed by atoms with Crippen LogP contribution in [-0.2, 0) is 14.3 Å². The lowest BCUT2D eigenvalue weighted by molar-refractivity contribution is -0.184. The number of fused-ring (bicyclic) bond motifs is 2.